The molecule has 0 unspecified atom stereocenters. The lowest BCUT2D eigenvalue weighted by molar-refractivity contribution is 0.0697. The number of carboxylic acid groups (broad SMARTS) is 1. The van der Waals surface area contributed by atoms with Gasteiger partial charge in [-0.2, -0.15) is 0 Å². The number of hydrogen-bond acceptors (Lipinski definition) is 2. The normalized spacial score (nSPS) is 20.8. The largest absolute Gasteiger partial charge is 0.478 e. The number of nitrogens with zero attached hydrogens (tertiary/aromatic N) is 1. The zero-order valence-corrected chi connectivity index (χ0v) is 8.90. The van der Waals surface area contributed by atoms with Gasteiger partial charge in [0.1, 0.15) is 6.17 Å². The topological polar surface area (TPSA) is 40.5 Å². The quantitative estimate of drug-likeness (QED) is 0.836. The standard InChI is InChI=1S/C12H14FNO2/c13-10-2-1-7-14(8-10)11-5-3-9(4-6-11)12(15)16/h3-6,10H,1-2,7-8H2,(H,15,16)/t10-/m1/s1. The molecule has 3 nitrogen and oxygen atoms in total. The zero-order valence-electron chi connectivity index (χ0n) is 8.90. The molecule has 0 amide bonds. The Hall–Kier alpha value is -1.58. The molecule has 0 saturated carbocycles. The molecular weight excluding hydrogens is 209 g/mol. The van der Waals surface area contributed by atoms with Crippen LogP contribution < -0.4 is 4.90 Å². The van der Waals surface area contributed by atoms with E-state index in [-0.39, 0.29) is 5.56 Å². The molecular formula is C12H14FNO2. The first-order valence-corrected chi connectivity index (χ1v) is 5.39. The number of alkyl halides is 1. The molecule has 1 heterocycles. The molecule has 0 aromatic heterocycles. The zero-order chi connectivity index (χ0) is 11.5. The molecule has 0 radical (unpaired) electrons. The number of aromatic carboxylic acids is 1. The molecule has 1 aromatic rings. The molecule has 0 spiro atoms. The van der Waals surface area contributed by atoms with Crippen molar-refractivity contribution in [1.29, 1.82) is 0 Å². The minimum atomic E-state index is -0.937. The molecule has 2 rings (SSSR count). The van der Waals surface area contributed by atoms with E-state index in [1.807, 2.05) is 4.90 Å². The number of anilines is 1. The molecule has 86 valence electrons. The fourth-order valence-corrected chi connectivity index (χ4v) is 1.97. The summed E-state index contributed by atoms with van der Waals surface area (Å²) in [6, 6.07) is 6.59. The number of piperidine rings is 1. The fourth-order valence-electron chi connectivity index (χ4n) is 1.97. The second-order valence-corrected chi connectivity index (χ2v) is 4.04. The molecule has 1 saturated heterocycles. The van der Waals surface area contributed by atoms with Crippen molar-refractivity contribution in [2.75, 3.05) is 18.0 Å². The second-order valence-electron chi connectivity index (χ2n) is 4.04. The average Bonchev–Trinajstić information content (AvgIpc) is 2.29. The Morgan fingerprint density at radius 1 is 1.38 bits per heavy atom. The maximum absolute atomic E-state index is 13.2. The summed E-state index contributed by atoms with van der Waals surface area (Å²) in [4.78, 5) is 12.6. The first-order chi connectivity index (χ1) is 7.66. The van der Waals surface area contributed by atoms with Gasteiger partial charge in [-0.05, 0) is 37.1 Å². The first kappa shape index (κ1) is 10.9. The van der Waals surface area contributed by atoms with Gasteiger partial charge in [-0.15, -0.1) is 0 Å². The van der Waals surface area contributed by atoms with E-state index in [9.17, 15) is 9.18 Å². The summed E-state index contributed by atoms with van der Waals surface area (Å²) in [6.07, 6.45) is 0.707. The maximum Gasteiger partial charge on any atom is 0.335 e. The van der Waals surface area contributed by atoms with Crippen LogP contribution in [0.4, 0.5) is 10.1 Å². The van der Waals surface area contributed by atoms with E-state index in [1.165, 1.54) is 0 Å². The molecule has 0 bridgehead atoms. The van der Waals surface area contributed by atoms with E-state index in [2.05, 4.69) is 0 Å². The summed E-state index contributed by atoms with van der Waals surface area (Å²) in [5, 5.41) is 8.75. The Labute approximate surface area is 93.5 Å². The lowest BCUT2D eigenvalue weighted by Crippen LogP contribution is -2.36. The van der Waals surface area contributed by atoms with Gasteiger partial charge in [0.25, 0.3) is 0 Å². The monoisotopic (exact) mass is 223 g/mol. The van der Waals surface area contributed by atoms with E-state index in [1.54, 1.807) is 24.3 Å². The summed E-state index contributed by atoms with van der Waals surface area (Å²) in [7, 11) is 0. The van der Waals surface area contributed by atoms with Crippen molar-refractivity contribution in [2.24, 2.45) is 0 Å². The van der Waals surface area contributed by atoms with Crippen LogP contribution in [0.15, 0.2) is 24.3 Å². The minimum Gasteiger partial charge on any atom is -0.478 e. The molecule has 16 heavy (non-hydrogen) atoms. The van der Waals surface area contributed by atoms with E-state index in [0.29, 0.717) is 13.0 Å². The van der Waals surface area contributed by atoms with Gasteiger partial charge < -0.3 is 10.0 Å². The highest BCUT2D eigenvalue weighted by Gasteiger charge is 2.19. The van der Waals surface area contributed by atoms with Crippen molar-refractivity contribution < 1.29 is 14.3 Å². The summed E-state index contributed by atoms with van der Waals surface area (Å²) in [5.41, 5.74) is 1.16. The summed E-state index contributed by atoms with van der Waals surface area (Å²) in [6.45, 7) is 1.25. The third-order valence-electron chi connectivity index (χ3n) is 2.84. The lowest BCUT2D eigenvalue weighted by Gasteiger charge is -2.30. The predicted molar refractivity (Wildman–Crippen MR) is 59.7 cm³/mol. The van der Waals surface area contributed by atoms with Crippen molar-refractivity contribution >= 4 is 11.7 Å². The van der Waals surface area contributed by atoms with Gasteiger partial charge >= 0.3 is 5.97 Å². The number of carbonyl (C=O) groups is 1. The van der Waals surface area contributed by atoms with Crippen molar-refractivity contribution in [1.82, 2.24) is 0 Å². The van der Waals surface area contributed by atoms with Gasteiger partial charge in [-0.25, -0.2) is 9.18 Å². The van der Waals surface area contributed by atoms with Crippen LogP contribution in [0.25, 0.3) is 0 Å². The molecule has 1 aliphatic rings. The van der Waals surface area contributed by atoms with Crippen LogP contribution >= 0.6 is 0 Å². The van der Waals surface area contributed by atoms with Gasteiger partial charge in [-0.3, -0.25) is 0 Å². The fraction of sp³-hybridized carbons (Fsp3) is 0.417. The summed E-state index contributed by atoms with van der Waals surface area (Å²) in [5.74, 6) is -0.937. The lowest BCUT2D eigenvalue weighted by atomic mass is 10.1. The van der Waals surface area contributed by atoms with Crippen LogP contribution in [0.3, 0.4) is 0 Å². The number of benzene rings is 1. The van der Waals surface area contributed by atoms with Crippen molar-refractivity contribution in [3.63, 3.8) is 0 Å². The van der Waals surface area contributed by atoms with E-state index >= 15 is 0 Å². The Kier molecular flexibility index (Phi) is 3.08. The SMILES string of the molecule is O=C(O)c1ccc(N2CCC[C@@H](F)C2)cc1. The van der Waals surface area contributed by atoms with Gasteiger partial charge in [0, 0.05) is 18.8 Å². The molecule has 1 N–H and O–H groups in total. The minimum absolute atomic E-state index is 0.262. The van der Waals surface area contributed by atoms with Gasteiger partial charge in [-0.1, -0.05) is 0 Å². The van der Waals surface area contributed by atoms with Crippen LogP contribution in [-0.4, -0.2) is 30.3 Å². The van der Waals surface area contributed by atoms with E-state index < -0.39 is 12.1 Å². The molecule has 1 atom stereocenters. The van der Waals surface area contributed by atoms with Crippen molar-refractivity contribution in [3.8, 4) is 0 Å². The Morgan fingerprint density at radius 2 is 2.06 bits per heavy atom. The number of carboxylic acids is 1. The molecule has 1 aromatic carbocycles. The Morgan fingerprint density at radius 3 is 2.62 bits per heavy atom. The van der Waals surface area contributed by atoms with Crippen molar-refractivity contribution in [3.05, 3.63) is 29.8 Å². The van der Waals surface area contributed by atoms with E-state index in [0.717, 1.165) is 18.7 Å². The maximum atomic E-state index is 13.2. The first-order valence-electron chi connectivity index (χ1n) is 5.39. The average molecular weight is 223 g/mol. The predicted octanol–water partition coefficient (Wildman–Crippen LogP) is 2.32. The van der Waals surface area contributed by atoms with Crippen molar-refractivity contribution in [2.45, 2.75) is 19.0 Å². The highest BCUT2D eigenvalue weighted by molar-refractivity contribution is 5.88. The van der Waals surface area contributed by atoms with E-state index in [4.69, 9.17) is 5.11 Å². The van der Waals surface area contributed by atoms with Crippen LogP contribution in [0.1, 0.15) is 23.2 Å². The number of halogens is 1. The third kappa shape index (κ3) is 2.32. The van der Waals surface area contributed by atoms with Crippen LogP contribution in [-0.2, 0) is 0 Å². The smallest absolute Gasteiger partial charge is 0.335 e. The molecule has 1 aliphatic heterocycles. The summed E-state index contributed by atoms with van der Waals surface area (Å²) >= 11 is 0. The molecule has 0 aliphatic carbocycles. The van der Waals surface area contributed by atoms with Crippen LogP contribution in [0.5, 0.6) is 0 Å². The van der Waals surface area contributed by atoms with Gasteiger partial charge in [0.15, 0.2) is 0 Å². The van der Waals surface area contributed by atoms with Crippen LogP contribution in [0.2, 0.25) is 0 Å². The van der Waals surface area contributed by atoms with Gasteiger partial charge in [0.05, 0.1) is 5.56 Å². The molecule has 1 fully saturated rings. The Bertz CT molecular complexity index is 377. The number of hydrogen-bond donors (Lipinski definition) is 1. The highest BCUT2D eigenvalue weighted by Crippen LogP contribution is 2.21. The second kappa shape index (κ2) is 4.51. The van der Waals surface area contributed by atoms with Crippen LogP contribution in [0, 0.1) is 0 Å². The highest BCUT2D eigenvalue weighted by atomic mass is 19.1. The third-order valence-corrected chi connectivity index (χ3v) is 2.84. The number of rotatable bonds is 2. The van der Waals surface area contributed by atoms with Gasteiger partial charge in [0.2, 0.25) is 0 Å². The molecule has 4 heteroatoms. The Balaban J connectivity index is 2.11. The summed E-state index contributed by atoms with van der Waals surface area (Å²) < 4.78 is 13.2.